The monoisotopic (exact) mass is 295 g/mol. The Morgan fingerprint density at radius 3 is 2.45 bits per heavy atom. The number of rotatable bonds is 2. The first-order chi connectivity index (χ1) is 10.4. The SMILES string of the molecule is CC(C)(C)c1ccc(C(=O)c2nc(N)c3[nH]cnc3n2)cc1. The molecule has 0 unspecified atom stereocenters. The van der Waals surface area contributed by atoms with Gasteiger partial charge in [-0.2, -0.15) is 0 Å². The summed E-state index contributed by atoms with van der Waals surface area (Å²) in [5, 5.41) is 0. The van der Waals surface area contributed by atoms with E-state index >= 15 is 0 Å². The van der Waals surface area contributed by atoms with Crippen molar-refractivity contribution < 1.29 is 4.79 Å². The lowest BCUT2D eigenvalue weighted by atomic mass is 9.86. The average molecular weight is 295 g/mol. The highest BCUT2D eigenvalue weighted by molar-refractivity contribution is 6.07. The lowest BCUT2D eigenvalue weighted by Crippen LogP contribution is -2.12. The van der Waals surface area contributed by atoms with E-state index in [9.17, 15) is 4.79 Å². The molecule has 0 spiro atoms. The molecule has 0 radical (unpaired) electrons. The van der Waals surface area contributed by atoms with Gasteiger partial charge < -0.3 is 10.7 Å². The van der Waals surface area contributed by atoms with E-state index in [2.05, 4.69) is 40.7 Å². The quantitative estimate of drug-likeness (QED) is 0.708. The second-order valence-electron chi connectivity index (χ2n) is 6.19. The van der Waals surface area contributed by atoms with E-state index in [1.807, 2.05) is 12.1 Å². The maximum Gasteiger partial charge on any atom is 0.230 e. The lowest BCUT2D eigenvalue weighted by Gasteiger charge is -2.18. The van der Waals surface area contributed by atoms with Crippen molar-refractivity contribution in [1.82, 2.24) is 19.9 Å². The predicted molar refractivity (Wildman–Crippen MR) is 84.7 cm³/mol. The minimum atomic E-state index is -0.267. The normalized spacial score (nSPS) is 11.8. The Hall–Kier alpha value is -2.76. The molecule has 3 aromatic rings. The molecule has 0 saturated heterocycles. The van der Waals surface area contributed by atoms with Crippen molar-refractivity contribution in [2.45, 2.75) is 26.2 Å². The van der Waals surface area contributed by atoms with E-state index in [0.29, 0.717) is 16.7 Å². The lowest BCUT2D eigenvalue weighted by molar-refractivity contribution is 0.102. The van der Waals surface area contributed by atoms with Crippen LogP contribution in [0.15, 0.2) is 30.6 Å². The molecule has 3 N–H and O–H groups in total. The molecule has 0 saturated carbocycles. The number of carbonyl (C=O) groups is 1. The number of fused-ring (bicyclic) bond motifs is 1. The molecule has 6 nitrogen and oxygen atoms in total. The van der Waals surface area contributed by atoms with Crippen molar-refractivity contribution in [3.05, 3.63) is 47.5 Å². The molecule has 0 atom stereocenters. The first-order valence-corrected chi connectivity index (χ1v) is 6.98. The number of hydrogen-bond donors (Lipinski definition) is 2. The maximum absolute atomic E-state index is 12.5. The number of carbonyl (C=O) groups excluding carboxylic acids is 1. The van der Waals surface area contributed by atoms with Gasteiger partial charge in [-0.05, 0) is 11.0 Å². The molecule has 2 heterocycles. The molecule has 3 rings (SSSR count). The fourth-order valence-electron chi connectivity index (χ4n) is 2.21. The van der Waals surface area contributed by atoms with Gasteiger partial charge in [0.1, 0.15) is 5.52 Å². The predicted octanol–water partition coefficient (Wildman–Crippen LogP) is 2.46. The van der Waals surface area contributed by atoms with Crippen molar-refractivity contribution in [2.24, 2.45) is 0 Å². The Morgan fingerprint density at radius 2 is 1.82 bits per heavy atom. The third kappa shape index (κ3) is 2.43. The van der Waals surface area contributed by atoms with Crippen LogP contribution in [-0.2, 0) is 5.41 Å². The molecule has 0 aliphatic rings. The highest BCUT2D eigenvalue weighted by Crippen LogP contribution is 2.23. The first-order valence-electron chi connectivity index (χ1n) is 6.98. The molecule has 6 heteroatoms. The van der Waals surface area contributed by atoms with Crippen LogP contribution >= 0.6 is 0 Å². The number of imidazole rings is 1. The molecule has 2 aromatic heterocycles. The standard InChI is InChI=1S/C16H17N5O/c1-16(2,3)10-6-4-9(5-7-10)12(22)15-20-13(17)11-14(21-15)19-8-18-11/h4-8H,1-3H3,(H3,17,18,19,20,21). The Balaban J connectivity index is 1.98. The van der Waals surface area contributed by atoms with Crippen LogP contribution in [0.1, 0.15) is 42.5 Å². The molecule has 0 aliphatic heterocycles. The zero-order valence-corrected chi connectivity index (χ0v) is 12.7. The first kappa shape index (κ1) is 14.2. The van der Waals surface area contributed by atoms with Gasteiger partial charge in [0, 0.05) is 5.56 Å². The van der Waals surface area contributed by atoms with Crippen molar-refractivity contribution >= 4 is 22.8 Å². The summed E-state index contributed by atoms with van der Waals surface area (Å²) in [5.74, 6) is 0.00910. The van der Waals surface area contributed by atoms with Crippen LogP contribution in [0.5, 0.6) is 0 Å². The topological polar surface area (TPSA) is 97.6 Å². The smallest absolute Gasteiger partial charge is 0.230 e. The van der Waals surface area contributed by atoms with Gasteiger partial charge in [-0.15, -0.1) is 0 Å². The summed E-state index contributed by atoms with van der Waals surface area (Å²) in [6.45, 7) is 6.37. The Labute approximate surface area is 127 Å². The highest BCUT2D eigenvalue weighted by Gasteiger charge is 2.18. The van der Waals surface area contributed by atoms with Crippen molar-refractivity contribution in [2.75, 3.05) is 5.73 Å². The van der Waals surface area contributed by atoms with Crippen LogP contribution in [0.4, 0.5) is 5.82 Å². The number of benzene rings is 1. The second-order valence-corrected chi connectivity index (χ2v) is 6.19. The van der Waals surface area contributed by atoms with E-state index in [1.54, 1.807) is 12.1 Å². The number of anilines is 1. The van der Waals surface area contributed by atoms with E-state index in [-0.39, 0.29) is 22.8 Å². The number of aromatic amines is 1. The number of nitrogens with one attached hydrogen (secondary N) is 1. The van der Waals surface area contributed by atoms with Gasteiger partial charge in [0.05, 0.1) is 6.33 Å². The Kier molecular flexibility index (Phi) is 3.16. The molecular formula is C16H17N5O. The molecule has 0 bridgehead atoms. The molecule has 22 heavy (non-hydrogen) atoms. The number of nitrogens with zero attached hydrogens (tertiary/aromatic N) is 3. The van der Waals surface area contributed by atoms with Gasteiger partial charge in [-0.3, -0.25) is 4.79 Å². The zero-order chi connectivity index (χ0) is 15.9. The molecule has 112 valence electrons. The summed E-state index contributed by atoms with van der Waals surface area (Å²) in [5.41, 5.74) is 8.48. The Morgan fingerprint density at radius 1 is 1.14 bits per heavy atom. The number of aromatic nitrogens is 4. The molecule has 1 aromatic carbocycles. The van der Waals surface area contributed by atoms with Crippen LogP contribution < -0.4 is 5.73 Å². The van der Waals surface area contributed by atoms with E-state index in [0.717, 1.165) is 5.56 Å². The summed E-state index contributed by atoms with van der Waals surface area (Å²) in [7, 11) is 0. The number of nitrogen functional groups attached to an aromatic ring is 1. The zero-order valence-electron chi connectivity index (χ0n) is 12.7. The highest BCUT2D eigenvalue weighted by atomic mass is 16.1. The minimum absolute atomic E-state index is 0.0382. The summed E-state index contributed by atoms with van der Waals surface area (Å²) in [6, 6.07) is 7.47. The fraction of sp³-hybridized carbons (Fsp3) is 0.250. The van der Waals surface area contributed by atoms with Crippen molar-refractivity contribution in [3.63, 3.8) is 0 Å². The van der Waals surface area contributed by atoms with Crippen LogP contribution in [-0.4, -0.2) is 25.7 Å². The maximum atomic E-state index is 12.5. The van der Waals surface area contributed by atoms with E-state index < -0.39 is 0 Å². The van der Waals surface area contributed by atoms with Gasteiger partial charge in [0.15, 0.2) is 11.5 Å². The van der Waals surface area contributed by atoms with Crippen molar-refractivity contribution in [3.8, 4) is 0 Å². The van der Waals surface area contributed by atoms with Crippen LogP contribution in [0.25, 0.3) is 11.2 Å². The third-order valence-electron chi connectivity index (χ3n) is 3.53. The van der Waals surface area contributed by atoms with E-state index in [1.165, 1.54) is 6.33 Å². The van der Waals surface area contributed by atoms with Gasteiger partial charge in [-0.1, -0.05) is 45.0 Å². The van der Waals surface area contributed by atoms with Gasteiger partial charge in [0.2, 0.25) is 11.6 Å². The minimum Gasteiger partial charge on any atom is -0.382 e. The summed E-state index contributed by atoms with van der Waals surface area (Å²) in [6.07, 6.45) is 1.47. The molecule has 0 amide bonds. The summed E-state index contributed by atoms with van der Waals surface area (Å²) in [4.78, 5) is 27.6. The second kappa shape index (κ2) is 4.91. The number of ketones is 1. The summed E-state index contributed by atoms with van der Waals surface area (Å²) < 4.78 is 0. The number of nitrogens with two attached hydrogens (primary N) is 1. The van der Waals surface area contributed by atoms with Crippen LogP contribution in [0.3, 0.4) is 0 Å². The van der Waals surface area contributed by atoms with Crippen LogP contribution in [0.2, 0.25) is 0 Å². The Bertz CT molecular complexity index is 843. The van der Waals surface area contributed by atoms with E-state index in [4.69, 9.17) is 5.73 Å². The molecule has 0 aliphatic carbocycles. The third-order valence-corrected chi connectivity index (χ3v) is 3.53. The van der Waals surface area contributed by atoms with Gasteiger partial charge >= 0.3 is 0 Å². The summed E-state index contributed by atoms with van der Waals surface area (Å²) >= 11 is 0. The van der Waals surface area contributed by atoms with Gasteiger partial charge in [0.25, 0.3) is 0 Å². The number of H-pyrrole nitrogens is 1. The fourth-order valence-corrected chi connectivity index (χ4v) is 2.21. The van der Waals surface area contributed by atoms with Crippen LogP contribution in [0, 0.1) is 0 Å². The average Bonchev–Trinajstić information content (AvgIpc) is 2.94. The largest absolute Gasteiger partial charge is 0.382 e. The molecular weight excluding hydrogens is 278 g/mol. The number of hydrogen-bond acceptors (Lipinski definition) is 5. The van der Waals surface area contributed by atoms with Crippen molar-refractivity contribution in [1.29, 1.82) is 0 Å². The van der Waals surface area contributed by atoms with Gasteiger partial charge in [-0.25, -0.2) is 15.0 Å². The molecule has 0 fully saturated rings.